The van der Waals surface area contributed by atoms with Crippen LogP contribution in [0.25, 0.3) is 0 Å². The Balaban J connectivity index is 1.72. The van der Waals surface area contributed by atoms with Gasteiger partial charge in [0.1, 0.15) is 0 Å². The molecule has 3 heterocycles. The molecular weight excluding hydrogens is 316 g/mol. The van der Waals surface area contributed by atoms with Crippen LogP contribution in [0.15, 0.2) is 40.4 Å². The molecule has 2 aromatic rings. The number of aromatic nitrogens is 3. The van der Waals surface area contributed by atoms with Crippen molar-refractivity contribution in [1.82, 2.24) is 19.9 Å². The molecule has 7 heteroatoms. The number of hydrogen-bond acceptors (Lipinski definition) is 6. The van der Waals surface area contributed by atoms with Crippen molar-refractivity contribution in [3.05, 3.63) is 52.2 Å². The Morgan fingerprint density at radius 2 is 2.12 bits per heavy atom. The Labute approximate surface area is 146 Å². The number of hydrogen-bond donors (Lipinski definition) is 2. The Morgan fingerprint density at radius 3 is 2.88 bits per heavy atom. The Morgan fingerprint density at radius 1 is 1.28 bits per heavy atom. The zero-order chi connectivity index (χ0) is 17.2. The summed E-state index contributed by atoms with van der Waals surface area (Å²) < 4.78 is 1.58. The number of nitrogens with one attached hydrogen (secondary N) is 2. The van der Waals surface area contributed by atoms with Crippen LogP contribution in [0, 0.1) is 6.92 Å². The summed E-state index contributed by atoms with van der Waals surface area (Å²) in [5, 5.41) is 6.70. The standard InChI is InChI=1S/C18H22N6O/c1-12-10-15(25)24-16(13-6-5-9-19-11-13)22-17(23-18(24)20-12)21-14-7-3-2-4-8-14/h5-6,9-11,14,16H,2-4,7-8H2,1H3,(H2,20,21,22,23)/t16-/m0/s1. The highest BCUT2D eigenvalue weighted by molar-refractivity contribution is 5.93. The number of anilines is 1. The van der Waals surface area contributed by atoms with E-state index in [0.717, 1.165) is 18.4 Å². The molecular formula is C18H22N6O. The highest BCUT2D eigenvalue weighted by Crippen LogP contribution is 2.25. The van der Waals surface area contributed by atoms with E-state index < -0.39 is 6.17 Å². The van der Waals surface area contributed by atoms with Crippen LogP contribution >= 0.6 is 0 Å². The number of fused-ring (bicyclic) bond motifs is 1. The summed E-state index contributed by atoms with van der Waals surface area (Å²) in [7, 11) is 0. The number of aryl methyl sites for hydroxylation is 1. The van der Waals surface area contributed by atoms with Gasteiger partial charge in [0, 0.05) is 35.8 Å². The van der Waals surface area contributed by atoms with Crippen molar-refractivity contribution in [3.8, 4) is 0 Å². The van der Waals surface area contributed by atoms with E-state index in [0.29, 0.717) is 23.6 Å². The first-order chi connectivity index (χ1) is 12.2. The second kappa shape index (κ2) is 6.66. The Bertz CT molecular complexity index is 838. The summed E-state index contributed by atoms with van der Waals surface area (Å²) in [4.78, 5) is 26.0. The molecule has 0 spiro atoms. The topological polar surface area (TPSA) is 84.2 Å². The molecule has 0 unspecified atom stereocenters. The predicted octanol–water partition coefficient (Wildman–Crippen LogP) is 2.20. The van der Waals surface area contributed by atoms with E-state index in [2.05, 4.69) is 20.6 Å². The normalized spacial score (nSPS) is 20.4. The van der Waals surface area contributed by atoms with Gasteiger partial charge in [0.25, 0.3) is 5.56 Å². The van der Waals surface area contributed by atoms with E-state index >= 15 is 0 Å². The summed E-state index contributed by atoms with van der Waals surface area (Å²) in [5.74, 6) is 1.20. The molecule has 2 N–H and O–H groups in total. The third kappa shape index (κ3) is 3.26. The first-order valence-electron chi connectivity index (χ1n) is 8.82. The van der Waals surface area contributed by atoms with E-state index in [9.17, 15) is 4.79 Å². The molecule has 1 atom stereocenters. The van der Waals surface area contributed by atoms with Crippen molar-refractivity contribution < 1.29 is 0 Å². The third-order valence-corrected chi connectivity index (χ3v) is 4.73. The van der Waals surface area contributed by atoms with Gasteiger partial charge in [0.05, 0.1) is 0 Å². The van der Waals surface area contributed by atoms with Crippen molar-refractivity contribution in [1.29, 1.82) is 0 Å². The summed E-state index contributed by atoms with van der Waals surface area (Å²) in [6, 6.07) is 5.73. The summed E-state index contributed by atoms with van der Waals surface area (Å²) in [5.41, 5.74) is 1.43. The first-order valence-corrected chi connectivity index (χ1v) is 8.82. The minimum atomic E-state index is -0.461. The minimum Gasteiger partial charge on any atom is -0.353 e. The largest absolute Gasteiger partial charge is 0.353 e. The third-order valence-electron chi connectivity index (χ3n) is 4.73. The van der Waals surface area contributed by atoms with Gasteiger partial charge < -0.3 is 5.32 Å². The van der Waals surface area contributed by atoms with Gasteiger partial charge in [-0.3, -0.25) is 19.7 Å². The Kier molecular flexibility index (Phi) is 4.21. The lowest BCUT2D eigenvalue weighted by Crippen LogP contribution is -2.45. The van der Waals surface area contributed by atoms with E-state index in [1.807, 2.05) is 19.1 Å². The number of guanidine groups is 1. The van der Waals surface area contributed by atoms with Crippen molar-refractivity contribution in [3.63, 3.8) is 0 Å². The summed E-state index contributed by atoms with van der Waals surface area (Å²) >= 11 is 0. The molecule has 4 rings (SSSR count). The molecule has 2 aromatic heterocycles. The van der Waals surface area contributed by atoms with Crippen LogP contribution < -0.4 is 16.2 Å². The zero-order valence-corrected chi connectivity index (χ0v) is 14.3. The van der Waals surface area contributed by atoms with Gasteiger partial charge in [-0.1, -0.05) is 25.3 Å². The molecule has 1 aliphatic carbocycles. The highest BCUT2D eigenvalue weighted by atomic mass is 16.1. The van der Waals surface area contributed by atoms with E-state index in [1.54, 1.807) is 17.0 Å². The fraction of sp³-hybridized carbons (Fsp3) is 0.444. The molecule has 2 aliphatic rings. The number of pyridine rings is 1. The van der Waals surface area contributed by atoms with Crippen LogP contribution in [0.3, 0.4) is 0 Å². The Hall–Kier alpha value is -2.70. The van der Waals surface area contributed by atoms with Crippen LogP contribution in [-0.2, 0) is 0 Å². The second-order valence-electron chi connectivity index (χ2n) is 6.67. The molecule has 25 heavy (non-hydrogen) atoms. The lowest BCUT2D eigenvalue weighted by atomic mass is 9.96. The molecule has 1 saturated carbocycles. The highest BCUT2D eigenvalue weighted by Gasteiger charge is 2.26. The monoisotopic (exact) mass is 338 g/mol. The maximum atomic E-state index is 12.5. The summed E-state index contributed by atoms with van der Waals surface area (Å²) in [6.07, 6.45) is 9.07. The van der Waals surface area contributed by atoms with Gasteiger partial charge in [-0.2, -0.15) is 0 Å². The lowest BCUT2D eigenvalue weighted by molar-refractivity contribution is 0.410. The van der Waals surface area contributed by atoms with E-state index in [1.165, 1.54) is 25.3 Å². The second-order valence-corrected chi connectivity index (χ2v) is 6.67. The van der Waals surface area contributed by atoms with Crippen molar-refractivity contribution >= 4 is 11.9 Å². The molecule has 0 bridgehead atoms. The molecule has 1 fully saturated rings. The van der Waals surface area contributed by atoms with E-state index in [-0.39, 0.29) is 5.56 Å². The SMILES string of the molecule is Cc1cc(=O)n2c(n1)NC(NC1CCCCC1)=N[C@@H]2c1cccnc1. The molecule has 0 amide bonds. The molecule has 0 radical (unpaired) electrons. The predicted molar refractivity (Wildman–Crippen MR) is 96.7 cm³/mol. The van der Waals surface area contributed by atoms with Crippen LogP contribution in [0.5, 0.6) is 0 Å². The molecule has 0 saturated heterocycles. The average molecular weight is 338 g/mol. The van der Waals surface area contributed by atoms with Crippen molar-refractivity contribution in [2.45, 2.75) is 51.2 Å². The van der Waals surface area contributed by atoms with Gasteiger partial charge in [0.2, 0.25) is 11.9 Å². The molecule has 1 aliphatic heterocycles. The van der Waals surface area contributed by atoms with Gasteiger partial charge >= 0.3 is 0 Å². The van der Waals surface area contributed by atoms with Crippen LogP contribution in [-0.4, -0.2) is 26.5 Å². The quantitative estimate of drug-likeness (QED) is 0.877. The van der Waals surface area contributed by atoms with E-state index in [4.69, 9.17) is 4.99 Å². The fourth-order valence-corrected chi connectivity index (χ4v) is 3.51. The average Bonchev–Trinajstić information content (AvgIpc) is 2.62. The van der Waals surface area contributed by atoms with Crippen LogP contribution in [0.1, 0.15) is 49.5 Å². The number of rotatable bonds is 2. The minimum absolute atomic E-state index is 0.121. The molecule has 130 valence electrons. The fourth-order valence-electron chi connectivity index (χ4n) is 3.51. The maximum Gasteiger partial charge on any atom is 0.257 e. The smallest absolute Gasteiger partial charge is 0.257 e. The molecule has 7 nitrogen and oxygen atoms in total. The number of aliphatic imine (C=N–C) groups is 1. The maximum absolute atomic E-state index is 12.5. The van der Waals surface area contributed by atoms with Gasteiger partial charge in [-0.15, -0.1) is 0 Å². The van der Waals surface area contributed by atoms with Crippen LogP contribution in [0.2, 0.25) is 0 Å². The summed E-state index contributed by atoms with van der Waals surface area (Å²) in [6.45, 7) is 1.82. The molecule has 0 aromatic carbocycles. The zero-order valence-electron chi connectivity index (χ0n) is 14.3. The van der Waals surface area contributed by atoms with Crippen molar-refractivity contribution in [2.75, 3.05) is 5.32 Å². The first kappa shape index (κ1) is 15.8. The van der Waals surface area contributed by atoms with Crippen molar-refractivity contribution in [2.24, 2.45) is 4.99 Å². The van der Waals surface area contributed by atoms with Gasteiger partial charge in [0.15, 0.2) is 6.17 Å². The lowest BCUT2D eigenvalue weighted by Gasteiger charge is -2.30. The van der Waals surface area contributed by atoms with Crippen LogP contribution in [0.4, 0.5) is 5.95 Å². The van der Waals surface area contributed by atoms with Gasteiger partial charge in [-0.25, -0.2) is 9.98 Å². The van der Waals surface area contributed by atoms with Gasteiger partial charge in [-0.05, 0) is 25.8 Å². The number of nitrogens with zero attached hydrogens (tertiary/aromatic N) is 4.